The van der Waals surface area contributed by atoms with Crippen molar-refractivity contribution in [3.63, 3.8) is 0 Å². The molecule has 2 N–H and O–H groups in total. The molecule has 0 spiro atoms. The summed E-state index contributed by atoms with van der Waals surface area (Å²) in [4.78, 5) is 23.2. The van der Waals surface area contributed by atoms with Crippen LogP contribution in [0.5, 0.6) is 11.5 Å². The lowest BCUT2D eigenvalue weighted by atomic mass is 10.2. The molecule has 2 aromatic rings. The number of carboxylic acid groups (broad SMARTS) is 1. The highest BCUT2D eigenvalue weighted by atomic mass is 35.5. The summed E-state index contributed by atoms with van der Waals surface area (Å²) in [6, 6.07) is 7.52. The molecule has 0 radical (unpaired) electrons. The van der Waals surface area contributed by atoms with Crippen LogP contribution in [0.2, 0.25) is 10.0 Å². The number of aryl methyl sites for hydroxylation is 1. The Morgan fingerprint density at radius 3 is 2.48 bits per heavy atom. The van der Waals surface area contributed by atoms with Crippen LogP contribution in [0.1, 0.15) is 15.9 Å². The van der Waals surface area contributed by atoms with Gasteiger partial charge in [0.2, 0.25) is 0 Å². The fourth-order valence-electron chi connectivity index (χ4n) is 2.06. The molecule has 8 heteroatoms. The van der Waals surface area contributed by atoms with Crippen LogP contribution in [0.3, 0.4) is 0 Å². The molecule has 0 fully saturated rings. The van der Waals surface area contributed by atoms with Crippen LogP contribution >= 0.6 is 23.2 Å². The number of carboxylic acids is 1. The number of carbonyl (C=O) groups excluding carboxylic acids is 1. The van der Waals surface area contributed by atoms with E-state index in [4.69, 9.17) is 37.8 Å². The van der Waals surface area contributed by atoms with Crippen LogP contribution in [0, 0.1) is 6.92 Å². The van der Waals surface area contributed by atoms with Gasteiger partial charge in [0.1, 0.15) is 5.75 Å². The number of amides is 1. The van der Waals surface area contributed by atoms with E-state index in [-0.39, 0.29) is 28.6 Å². The molecule has 0 aliphatic carbocycles. The molecule has 2 aromatic carbocycles. The van der Waals surface area contributed by atoms with E-state index in [2.05, 4.69) is 5.32 Å². The number of carbonyl (C=O) groups is 2. The molecular weight excluding hydrogens is 369 g/mol. The number of nitrogens with one attached hydrogen (secondary N) is 1. The summed E-state index contributed by atoms with van der Waals surface area (Å²) < 4.78 is 10.5. The number of anilines is 1. The van der Waals surface area contributed by atoms with Crippen molar-refractivity contribution in [1.82, 2.24) is 0 Å². The minimum atomic E-state index is -1.17. The van der Waals surface area contributed by atoms with Gasteiger partial charge < -0.3 is 19.9 Å². The summed E-state index contributed by atoms with van der Waals surface area (Å²) >= 11 is 11.9. The molecule has 0 unspecified atom stereocenters. The van der Waals surface area contributed by atoms with Crippen LogP contribution in [-0.4, -0.2) is 30.7 Å². The Balaban J connectivity index is 2.11. The monoisotopic (exact) mass is 383 g/mol. The van der Waals surface area contributed by atoms with Crippen molar-refractivity contribution in [1.29, 1.82) is 0 Å². The predicted octanol–water partition coefficient (Wildman–Crippen LogP) is 4.03. The summed E-state index contributed by atoms with van der Waals surface area (Å²) in [5.74, 6) is -1.01. The van der Waals surface area contributed by atoms with Crippen molar-refractivity contribution in [2.75, 3.05) is 19.0 Å². The van der Waals surface area contributed by atoms with Gasteiger partial charge in [0.05, 0.1) is 23.4 Å². The lowest BCUT2D eigenvalue weighted by Gasteiger charge is -2.13. The minimum Gasteiger partial charge on any atom is -0.493 e. The Bertz CT molecular complexity index is 823. The van der Waals surface area contributed by atoms with Gasteiger partial charge in [-0.15, -0.1) is 0 Å². The van der Waals surface area contributed by atoms with Crippen molar-refractivity contribution < 1.29 is 24.2 Å². The number of hydrogen-bond acceptors (Lipinski definition) is 4. The quantitative estimate of drug-likeness (QED) is 0.786. The molecule has 6 nitrogen and oxygen atoms in total. The van der Waals surface area contributed by atoms with Gasteiger partial charge in [-0.05, 0) is 42.8 Å². The van der Waals surface area contributed by atoms with Gasteiger partial charge in [0, 0.05) is 5.02 Å². The molecule has 0 aliphatic heterocycles. The first-order valence-corrected chi connectivity index (χ1v) is 7.87. The first-order valence-electron chi connectivity index (χ1n) is 7.11. The number of aromatic carboxylic acids is 1. The van der Waals surface area contributed by atoms with Crippen LogP contribution in [-0.2, 0) is 4.79 Å². The molecule has 0 aliphatic rings. The predicted molar refractivity (Wildman–Crippen MR) is 95.3 cm³/mol. The third kappa shape index (κ3) is 4.78. The van der Waals surface area contributed by atoms with E-state index in [0.29, 0.717) is 10.8 Å². The maximum Gasteiger partial charge on any atom is 0.335 e. The molecule has 1 amide bonds. The summed E-state index contributed by atoms with van der Waals surface area (Å²) in [5.41, 5.74) is 0.894. The van der Waals surface area contributed by atoms with E-state index in [1.807, 2.05) is 6.92 Å². The fraction of sp³-hybridized carbons (Fsp3) is 0.176. The zero-order valence-corrected chi connectivity index (χ0v) is 14.9. The Hall–Kier alpha value is -2.44. The minimum absolute atomic E-state index is 0.0738. The molecule has 25 heavy (non-hydrogen) atoms. The summed E-state index contributed by atoms with van der Waals surface area (Å²) in [5, 5.41) is 12.3. The number of ether oxygens (including phenoxy) is 2. The summed E-state index contributed by atoms with van der Waals surface area (Å²) in [6.45, 7) is 1.54. The van der Waals surface area contributed by atoms with Crippen molar-refractivity contribution in [2.45, 2.75) is 6.92 Å². The molecule has 0 atom stereocenters. The lowest BCUT2D eigenvalue weighted by molar-refractivity contribution is -0.118. The Labute approximate surface area is 154 Å². The maximum atomic E-state index is 12.1. The molecule has 0 saturated carbocycles. The number of hydrogen-bond donors (Lipinski definition) is 2. The largest absolute Gasteiger partial charge is 0.493 e. The molecular formula is C17H15Cl2NO5. The molecule has 0 heterocycles. The summed E-state index contributed by atoms with van der Waals surface area (Å²) in [6.07, 6.45) is 0. The van der Waals surface area contributed by atoms with Gasteiger partial charge in [-0.2, -0.15) is 0 Å². The van der Waals surface area contributed by atoms with E-state index in [1.54, 1.807) is 18.2 Å². The first-order chi connectivity index (χ1) is 11.8. The van der Waals surface area contributed by atoms with E-state index in [0.717, 1.165) is 5.56 Å². The van der Waals surface area contributed by atoms with Crippen LogP contribution in [0.25, 0.3) is 0 Å². The Morgan fingerprint density at radius 1 is 1.16 bits per heavy atom. The third-order valence-corrected chi connectivity index (χ3v) is 3.97. The smallest absolute Gasteiger partial charge is 0.335 e. The summed E-state index contributed by atoms with van der Waals surface area (Å²) in [7, 11) is 1.37. The van der Waals surface area contributed by atoms with E-state index >= 15 is 0 Å². The van der Waals surface area contributed by atoms with Crippen molar-refractivity contribution in [3.05, 3.63) is 51.5 Å². The second-order valence-corrected chi connectivity index (χ2v) is 5.91. The second kappa shape index (κ2) is 8.09. The van der Waals surface area contributed by atoms with Gasteiger partial charge in [-0.25, -0.2) is 4.79 Å². The normalized spacial score (nSPS) is 10.2. The fourth-order valence-corrected chi connectivity index (χ4v) is 2.47. The molecule has 0 saturated heterocycles. The second-order valence-electron chi connectivity index (χ2n) is 5.09. The highest BCUT2D eigenvalue weighted by Crippen LogP contribution is 2.34. The zero-order chi connectivity index (χ0) is 18.6. The van der Waals surface area contributed by atoms with Gasteiger partial charge in [0.15, 0.2) is 12.4 Å². The van der Waals surface area contributed by atoms with Crippen molar-refractivity contribution >= 4 is 40.8 Å². The standard InChI is InChI=1S/C17H15Cl2NO5/c1-9-5-11(3-4-12(9)18)25-8-15(21)20-14-7-10(17(22)23)6-13(19)16(14)24-2/h3-7H,8H2,1-2H3,(H,20,21)(H,22,23). The van der Waals surface area contributed by atoms with E-state index < -0.39 is 11.9 Å². The first kappa shape index (κ1) is 18.9. The third-order valence-electron chi connectivity index (χ3n) is 3.27. The van der Waals surface area contributed by atoms with Gasteiger partial charge in [0.25, 0.3) is 5.91 Å². The lowest BCUT2D eigenvalue weighted by Crippen LogP contribution is -2.21. The van der Waals surface area contributed by atoms with E-state index in [1.165, 1.54) is 19.2 Å². The van der Waals surface area contributed by atoms with Crippen molar-refractivity contribution in [3.8, 4) is 11.5 Å². The van der Waals surface area contributed by atoms with Gasteiger partial charge in [-0.1, -0.05) is 23.2 Å². The zero-order valence-electron chi connectivity index (χ0n) is 13.4. The van der Waals surface area contributed by atoms with E-state index in [9.17, 15) is 9.59 Å². The highest BCUT2D eigenvalue weighted by molar-refractivity contribution is 6.33. The van der Waals surface area contributed by atoms with Gasteiger partial charge >= 0.3 is 5.97 Å². The number of rotatable bonds is 6. The average Bonchev–Trinajstić information content (AvgIpc) is 2.55. The number of halogens is 2. The molecule has 0 bridgehead atoms. The topological polar surface area (TPSA) is 84.9 Å². The van der Waals surface area contributed by atoms with Crippen LogP contribution in [0.4, 0.5) is 5.69 Å². The molecule has 0 aromatic heterocycles. The molecule has 132 valence electrons. The van der Waals surface area contributed by atoms with Gasteiger partial charge in [-0.3, -0.25) is 4.79 Å². The molecule has 2 rings (SSSR count). The van der Waals surface area contributed by atoms with Crippen LogP contribution < -0.4 is 14.8 Å². The number of benzene rings is 2. The Morgan fingerprint density at radius 2 is 1.88 bits per heavy atom. The number of methoxy groups -OCH3 is 1. The highest BCUT2D eigenvalue weighted by Gasteiger charge is 2.16. The Kier molecular flexibility index (Phi) is 6.12. The maximum absolute atomic E-state index is 12.1. The van der Waals surface area contributed by atoms with Crippen molar-refractivity contribution in [2.24, 2.45) is 0 Å². The SMILES string of the molecule is COc1c(Cl)cc(C(=O)O)cc1NC(=O)COc1ccc(Cl)c(C)c1. The average molecular weight is 384 g/mol. The van der Waals surface area contributed by atoms with Crippen LogP contribution in [0.15, 0.2) is 30.3 Å².